The Labute approximate surface area is 161 Å². The third kappa shape index (κ3) is 6.22. The van der Waals surface area contributed by atoms with Crippen LogP contribution in [0.4, 0.5) is 11.4 Å². The number of amides is 2. The van der Waals surface area contributed by atoms with Crippen molar-refractivity contribution in [3.8, 4) is 0 Å². The highest BCUT2D eigenvalue weighted by atomic mass is 16.2. The maximum Gasteiger partial charge on any atom is 0.238 e. The number of hydrogen-bond donors (Lipinski definition) is 2. The van der Waals surface area contributed by atoms with Gasteiger partial charge in [-0.3, -0.25) is 14.5 Å². The second kappa shape index (κ2) is 9.88. The zero-order valence-electron chi connectivity index (χ0n) is 16.6. The number of aryl methyl sites for hydroxylation is 2. The van der Waals surface area contributed by atoms with Crippen LogP contribution in [0.5, 0.6) is 0 Å². The molecule has 0 saturated carbocycles. The lowest BCUT2D eigenvalue weighted by Crippen LogP contribution is -2.39. The summed E-state index contributed by atoms with van der Waals surface area (Å²) in [5.74, 6) is -0.224. The minimum atomic E-state index is -0.114. The van der Waals surface area contributed by atoms with E-state index in [0.29, 0.717) is 6.54 Å². The van der Waals surface area contributed by atoms with Gasteiger partial charge in [0, 0.05) is 11.4 Å². The zero-order chi connectivity index (χ0) is 19.8. The molecule has 0 spiro atoms. The summed E-state index contributed by atoms with van der Waals surface area (Å²) in [4.78, 5) is 26.7. The molecule has 0 aliphatic heterocycles. The molecule has 2 N–H and O–H groups in total. The molecule has 0 radical (unpaired) electrons. The molecule has 0 atom stereocenters. The molecule has 0 aliphatic carbocycles. The second-order valence-corrected chi connectivity index (χ2v) is 6.87. The highest BCUT2D eigenvalue weighted by molar-refractivity contribution is 5.95. The molecule has 5 heteroatoms. The summed E-state index contributed by atoms with van der Waals surface area (Å²) in [6, 6.07) is 13.5. The van der Waals surface area contributed by atoms with Crippen molar-refractivity contribution in [2.45, 2.75) is 34.1 Å². The van der Waals surface area contributed by atoms with E-state index in [1.54, 1.807) is 0 Å². The van der Waals surface area contributed by atoms with Gasteiger partial charge in [-0.05, 0) is 62.6 Å². The molecule has 2 rings (SSSR count). The fraction of sp³-hybridized carbons (Fsp3) is 0.364. The smallest absolute Gasteiger partial charge is 0.238 e. The maximum absolute atomic E-state index is 12.5. The van der Waals surface area contributed by atoms with E-state index in [2.05, 4.69) is 10.6 Å². The first kappa shape index (κ1) is 20.6. The van der Waals surface area contributed by atoms with Crippen molar-refractivity contribution in [1.29, 1.82) is 0 Å². The van der Waals surface area contributed by atoms with Gasteiger partial charge in [0.2, 0.25) is 11.8 Å². The highest BCUT2D eigenvalue weighted by Gasteiger charge is 2.15. The minimum absolute atomic E-state index is 0.110. The summed E-state index contributed by atoms with van der Waals surface area (Å²) >= 11 is 0. The summed E-state index contributed by atoms with van der Waals surface area (Å²) in [6.45, 7) is 9.05. The van der Waals surface area contributed by atoms with Gasteiger partial charge in [0.1, 0.15) is 0 Å². The summed E-state index contributed by atoms with van der Waals surface area (Å²) < 4.78 is 0. The molecule has 0 aliphatic rings. The fourth-order valence-corrected chi connectivity index (χ4v) is 2.92. The van der Waals surface area contributed by atoms with Crippen molar-refractivity contribution in [2.75, 3.05) is 30.3 Å². The molecule has 0 saturated heterocycles. The van der Waals surface area contributed by atoms with E-state index >= 15 is 0 Å². The molecule has 144 valence electrons. The first-order chi connectivity index (χ1) is 12.9. The molecule has 0 bridgehead atoms. The number of nitrogens with one attached hydrogen (secondary N) is 2. The number of carbonyl (C=O) groups excluding carboxylic acids is 2. The maximum atomic E-state index is 12.5. The SMILES string of the molecule is CCCN(CC(=O)Nc1ccccc1C)CC(=O)Nc1cccc(C)c1C. The van der Waals surface area contributed by atoms with Crippen molar-refractivity contribution >= 4 is 23.2 Å². The largest absolute Gasteiger partial charge is 0.325 e. The normalized spacial score (nSPS) is 10.7. The Balaban J connectivity index is 1.96. The average molecular weight is 367 g/mol. The molecule has 0 fully saturated rings. The molecule has 2 aromatic carbocycles. The Hall–Kier alpha value is -2.66. The van der Waals surface area contributed by atoms with Crippen molar-refractivity contribution in [1.82, 2.24) is 4.90 Å². The van der Waals surface area contributed by atoms with Crippen LogP contribution in [0.1, 0.15) is 30.0 Å². The molecule has 2 amide bonds. The van der Waals surface area contributed by atoms with Gasteiger partial charge in [-0.15, -0.1) is 0 Å². The van der Waals surface area contributed by atoms with E-state index < -0.39 is 0 Å². The van der Waals surface area contributed by atoms with Crippen molar-refractivity contribution < 1.29 is 9.59 Å². The predicted molar refractivity (Wildman–Crippen MR) is 111 cm³/mol. The van der Waals surface area contributed by atoms with Gasteiger partial charge >= 0.3 is 0 Å². The standard InChI is InChI=1S/C22H29N3O2/c1-5-13-25(14-21(26)23-19-11-7-6-9-17(19)3)15-22(27)24-20-12-8-10-16(2)18(20)4/h6-12H,5,13-15H2,1-4H3,(H,23,26)(H,24,27). The van der Waals surface area contributed by atoms with Gasteiger partial charge in [0.15, 0.2) is 0 Å². The van der Waals surface area contributed by atoms with Crippen LogP contribution in [0, 0.1) is 20.8 Å². The number of rotatable bonds is 8. The second-order valence-electron chi connectivity index (χ2n) is 6.87. The highest BCUT2D eigenvalue weighted by Crippen LogP contribution is 2.18. The molecule has 0 unspecified atom stereocenters. The number of hydrogen-bond acceptors (Lipinski definition) is 3. The Morgan fingerprint density at radius 2 is 1.37 bits per heavy atom. The fourth-order valence-electron chi connectivity index (χ4n) is 2.92. The zero-order valence-corrected chi connectivity index (χ0v) is 16.6. The van der Waals surface area contributed by atoms with Gasteiger partial charge in [-0.25, -0.2) is 0 Å². The van der Waals surface area contributed by atoms with Gasteiger partial charge in [-0.2, -0.15) is 0 Å². The Morgan fingerprint density at radius 1 is 0.815 bits per heavy atom. The Kier molecular flexibility index (Phi) is 7.55. The van der Waals surface area contributed by atoms with Crippen LogP contribution in [-0.2, 0) is 9.59 Å². The summed E-state index contributed by atoms with van der Waals surface area (Å²) in [7, 11) is 0. The van der Waals surface area contributed by atoms with Crippen LogP contribution < -0.4 is 10.6 Å². The first-order valence-electron chi connectivity index (χ1n) is 9.34. The summed E-state index contributed by atoms with van der Waals surface area (Å²) in [5, 5.41) is 5.89. The summed E-state index contributed by atoms with van der Waals surface area (Å²) in [5.41, 5.74) is 4.83. The van der Waals surface area contributed by atoms with Gasteiger partial charge < -0.3 is 10.6 Å². The van der Waals surface area contributed by atoms with Crippen LogP contribution in [0.15, 0.2) is 42.5 Å². The van der Waals surface area contributed by atoms with E-state index in [1.807, 2.05) is 75.1 Å². The number of nitrogens with zero attached hydrogens (tertiary/aromatic N) is 1. The minimum Gasteiger partial charge on any atom is -0.325 e. The number of anilines is 2. The van der Waals surface area contributed by atoms with Crippen LogP contribution in [0.25, 0.3) is 0 Å². The van der Waals surface area contributed by atoms with E-state index in [1.165, 1.54) is 0 Å². The van der Waals surface area contributed by atoms with E-state index in [0.717, 1.165) is 34.5 Å². The van der Waals surface area contributed by atoms with Gasteiger partial charge in [0.05, 0.1) is 13.1 Å². The van der Waals surface area contributed by atoms with E-state index in [4.69, 9.17) is 0 Å². The molecular weight excluding hydrogens is 338 g/mol. The summed E-state index contributed by atoms with van der Waals surface area (Å²) in [6.07, 6.45) is 0.869. The van der Waals surface area contributed by atoms with Crippen LogP contribution in [0.2, 0.25) is 0 Å². The average Bonchev–Trinajstić information content (AvgIpc) is 2.61. The molecule has 0 aromatic heterocycles. The number of benzene rings is 2. The lowest BCUT2D eigenvalue weighted by molar-refractivity contribution is -0.120. The topological polar surface area (TPSA) is 61.4 Å². The lowest BCUT2D eigenvalue weighted by atomic mass is 10.1. The van der Waals surface area contributed by atoms with Crippen LogP contribution in [-0.4, -0.2) is 36.3 Å². The monoisotopic (exact) mass is 367 g/mol. The van der Waals surface area contributed by atoms with Crippen LogP contribution >= 0.6 is 0 Å². The molecule has 2 aromatic rings. The lowest BCUT2D eigenvalue weighted by Gasteiger charge is -2.21. The van der Waals surface area contributed by atoms with Crippen molar-refractivity contribution in [2.24, 2.45) is 0 Å². The third-order valence-corrected chi connectivity index (χ3v) is 4.57. The van der Waals surface area contributed by atoms with Crippen molar-refractivity contribution in [3.05, 3.63) is 59.2 Å². The molecule has 5 nitrogen and oxygen atoms in total. The van der Waals surface area contributed by atoms with Gasteiger partial charge in [-0.1, -0.05) is 37.3 Å². The molecule has 27 heavy (non-hydrogen) atoms. The van der Waals surface area contributed by atoms with Crippen molar-refractivity contribution in [3.63, 3.8) is 0 Å². The van der Waals surface area contributed by atoms with E-state index in [-0.39, 0.29) is 24.9 Å². The van der Waals surface area contributed by atoms with E-state index in [9.17, 15) is 9.59 Å². The van der Waals surface area contributed by atoms with Crippen LogP contribution in [0.3, 0.4) is 0 Å². The third-order valence-electron chi connectivity index (χ3n) is 4.57. The van der Waals surface area contributed by atoms with Gasteiger partial charge in [0.25, 0.3) is 0 Å². The molecular formula is C22H29N3O2. The Morgan fingerprint density at radius 3 is 2.00 bits per heavy atom. The first-order valence-corrected chi connectivity index (χ1v) is 9.34. The number of carbonyl (C=O) groups is 2. The quantitative estimate of drug-likeness (QED) is 0.744. The Bertz CT molecular complexity index is 802. The molecule has 0 heterocycles. The number of para-hydroxylation sites is 1. The predicted octanol–water partition coefficient (Wildman–Crippen LogP) is 3.90.